The standard InChI is InChI=1S/C13H18N4O3/c1-17-8-15-11(16-17)6-7-14-12(18)9-4-2-3-5-10(9)13(19)20/h2-3,8-10H,4-7H2,1H3,(H,14,18)(H,19,20)/t9-,10+/m1/s1. The highest BCUT2D eigenvalue weighted by atomic mass is 16.4. The Morgan fingerprint density at radius 1 is 1.40 bits per heavy atom. The highest BCUT2D eigenvalue weighted by molar-refractivity contribution is 5.85. The van der Waals surface area contributed by atoms with Gasteiger partial charge in [0.2, 0.25) is 5.91 Å². The highest BCUT2D eigenvalue weighted by Crippen LogP contribution is 2.25. The number of hydrogen-bond acceptors (Lipinski definition) is 4. The zero-order chi connectivity index (χ0) is 14.5. The lowest BCUT2D eigenvalue weighted by Gasteiger charge is -2.24. The Morgan fingerprint density at radius 3 is 2.70 bits per heavy atom. The number of hydrogen-bond donors (Lipinski definition) is 2. The topological polar surface area (TPSA) is 97.1 Å². The zero-order valence-corrected chi connectivity index (χ0v) is 11.3. The van der Waals surface area contributed by atoms with Crippen LogP contribution >= 0.6 is 0 Å². The van der Waals surface area contributed by atoms with Gasteiger partial charge in [0, 0.05) is 20.0 Å². The fourth-order valence-electron chi connectivity index (χ4n) is 2.30. The van der Waals surface area contributed by atoms with Crippen molar-refractivity contribution >= 4 is 11.9 Å². The minimum Gasteiger partial charge on any atom is -0.481 e. The maximum atomic E-state index is 12.1. The maximum absolute atomic E-state index is 12.1. The second-order valence-corrected chi connectivity index (χ2v) is 4.87. The molecule has 0 aromatic carbocycles. The molecule has 7 nitrogen and oxygen atoms in total. The van der Waals surface area contributed by atoms with Crippen LogP contribution in [0.3, 0.4) is 0 Å². The van der Waals surface area contributed by atoms with E-state index in [0.29, 0.717) is 31.6 Å². The molecule has 1 amide bonds. The number of aromatic nitrogens is 3. The molecule has 108 valence electrons. The van der Waals surface area contributed by atoms with Gasteiger partial charge < -0.3 is 10.4 Å². The first kappa shape index (κ1) is 14.2. The Hall–Kier alpha value is -2.18. The lowest BCUT2D eigenvalue weighted by molar-refractivity contribution is -0.147. The Kier molecular flexibility index (Phi) is 4.49. The van der Waals surface area contributed by atoms with E-state index in [1.54, 1.807) is 18.1 Å². The molecule has 2 rings (SSSR count). The van der Waals surface area contributed by atoms with Crippen molar-refractivity contribution in [2.75, 3.05) is 6.54 Å². The smallest absolute Gasteiger partial charge is 0.307 e. The normalized spacial score (nSPS) is 21.6. The first-order valence-corrected chi connectivity index (χ1v) is 6.58. The average molecular weight is 278 g/mol. The number of allylic oxidation sites excluding steroid dienone is 2. The minimum atomic E-state index is -0.916. The first-order chi connectivity index (χ1) is 9.58. The number of aliphatic carboxylic acids is 1. The lowest BCUT2D eigenvalue weighted by atomic mass is 9.82. The molecule has 1 aliphatic rings. The Bertz CT molecular complexity index is 523. The average Bonchev–Trinajstić information content (AvgIpc) is 2.84. The molecule has 0 fully saturated rings. The molecule has 0 bridgehead atoms. The van der Waals surface area contributed by atoms with Gasteiger partial charge in [0.05, 0.1) is 11.8 Å². The molecule has 0 spiro atoms. The van der Waals surface area contributed by atoms with Gasteiger partial charge in [0.1, 0.15) is 6.33 Å². The van der Waals surface area contributed by atoms with Crippen LogP contribution in [-0.4, -0.2) is 38.3 Å². The summed E-state index contributed by atoms with van der Waals surface area (Å²) in [6, 6.07) is 0. The quantitative estimate of drug-likeness (QED) is 0.747. The zero-order valence-electron chi connectivity index (χ0n) is 11.3. The Balaban J connectivity index is 1.84. The second-order valence-electron chi connectivity index (χ2n) is 4.87. The SMILES string of the molecule is Cn1cnc(CCNC(=O)[C@@H]2CC=CC[C@@H]2C(=O)O)n1. The number of carbonyl (C=O) groups excluding carboxylic acids is 1. The summed E-state index contributed by atoms with van der Waals surface area (Å²) in [7, 11) is 1.78. The molecule has 20 heavy (non-hydrogen) atoms. The molecular weight excluding hydrogens is 260 g/mol. The number of nitrogens with zero attached hydrogens (tertiary/aromatic N) is 3. The van der Waals surface area contributed by atoms with Gasteiger partial charge in [-0.2, -0.15) is 5.10 Å². The van der Waals surface area contributed by atoms with E-state index < -0.39 is 17.8 Å². The van der Waals surface area contributed by atoms with E-state index in [2.05, 4.69) is 15.4 Å². The summed E-state index contributed by atoms with van der Waals surface area (Å²) < 4.78 is 1.60. The number of rotatable bonds is 5. The molecule has 1 heterocycles. The number of nitrogens with one attached hydrogen (secondary N) is 1. The van der Waals surface area contributed by atoms with Crippen molar-refractivity contribution < 1.29 is 14.7 Å². The third-order valence-corrected chi connectivity index (χ3v) is 3.38. The van der Waals surface area contributed by atoms with Gasteiger partial charge in [-0.05, 0) is 12.8 Å². The molecule has 0 saturated carbocycles. The van der Waals surface area contributed by atoms with Crippen LogP contribution in [0.2, 0.25) is 0 Å². The van der Waals surface area contributed by atoms with Crippen molar-refractivity contribution in [3.05, 3.63) is 24.3 Å². The fourth-order valence-corrected chi connectivity index (χ4v) is 2.30. The Morgan fingerprint density at radius 2 is 2.10 bits per heavy atom. The molecule has 0 unspecified atom stereocenters. The van der Waals surface area contributed by atoms with Crippen molar-refractivity contribution in [1.82, 2.24) is 20.1 Å². The predicted molar refractivity (Wildman–Crippen MR) is 70.7 cm³/mol. The summed E-state index contributed by atoms with van der Waals surface area (Å²) in [4.78, 5) is 27.2. The van der Waals surface area contributed by atoms with Crippen molar-refractivity contribution in [1.29, 1.82) is 0 Å². The van der Waals surface area contributed by atoms with Crippen molar-refractivity contribution in [3.63, 3.8) is 0 Å². The summed E-state index contributed by atoms with van der Waals surface area (Å²) in [5, 5.41) is 16.0. The molecule has 1 aliphatic carbocycles. The third kappa shape index (κ3) is 3.43. The van der Waals surface area contributed by atoms with Gasteiger partial charge in [0.15, 0.2) is 5.82 Å². The van der Waals surface area contributed by atoms with E-state index in [0.717, 1.165) is 0 Å². The molecule has 1 aromatic heterocycles. The van der Waals surface area contributed by atoms with Gasteiger partial charge in [0.25, 0.3) is 0 Å². The van der Waals surface area contributed by atoms with E-state index in [9.17, 15) is 9.59 Å². The summed E-state index contributed by atoms with van der Waals surface area (Å²) >= 11 is 0. The van der Waals surface area contributed by atoms with E-state index in [1.165, 1.54) is 0 Å². The summed E-state index contributed by atoms with van der Waals surface area (Å²) in [5.41, 5.74) is 0. The first-order valence-electron chi connectivity index (χ1n) is 6.58. The molecule has 2 atom stereocenters. The summed E-state index contributed by atoms with van der Waals surface area (Å²) in [6.07, 6.45) is 6.71. The fraction of sp³-hybridized carbons (Fsp3) is 0.538. The maximum Gasteiger partial charge on any atom is 0.307 e. The van der Waals surface area contributed by atoms with E-state index in [-0.39, 0.29) is 5.91 Å². The monoisotopic (exact) mass is 278 g/mol. The van der Waals surface area contributed by atoms with E-state index in [4.69, 9.17) is 5.11 Å². The molecule has 0 aliphatic heterocycles. The number of carboxylic acids is 1. The van der Waals surface area contributed by atoms with Gasteiger partial charge in [-0.15, -0.1) is 0 Å². The number of aryl methyl sites for hydroxylation is 1. The molecular formula is C13H18N4O3. The van der Waals surface area contributed by atoms with E-state index in [1.807, 2.05) is 12.2 Å². The van der Waals surface area contributed by atoms with Crippen LogP contribution in [-0.2, 0) is 23.1 Å². The van der Waals surface area contributed by atoms with Crippen molar-refractivity contribution in [2.45, 2.75) is 19.3 Å². The number of carbonyl (C=O) groups is 2. The number of amides is 1. The Labute approximate surface area is 116 Å². The second kappa shape index (κ2) is 6.31. The molecule has 7 heteroatoms. The van der Waals surface area contributed by atoms with Gasteiger partial charge in [-0.25, -0.2) is 4.98 Å². The van der Waals surface area contributed by atoms with Crippen molar-refractivity contribution in [2.24, 2.45) is 18.9 Å². The molecule has 2 N–H and O–H groups in total. The van der Waals surface area contributed by atoms with Crippen LogP contribution in [0.25, 0.3) is 0 Å². The highest BCUT2D eigenvalue weighted by Gasteiger charge is 2.33. The largest absolute Gasteiger partial charge is 0.481 e. The lowest BCUT2D eigenvalue weighted by Crippen LogP contribution is -2.39. The summed E-state index contributed by atoms with van der Waals surface area (Å²) in [6.45, 7) is 0.412. The van der Waals surface area contributed by atoms with Crippen LogP contribution in [0.4, 0.5) is 0 Å². The van der Waals surface area contributed by atoms with Crippen LogP contribution in [0, 0.1) is 11.8 Å². The molecule has 0 saturated heterocycles. The van der Waals surface area contributed by atoms with Crippen LogP contribution in [0.1, 0.15) is 18.7 Å². The van der Waals surface area contributed by atoms with Crippen LogP contribution in [0.5, 0.6) is 0 Å². The van der Waals surface area contributed by atoms with Gasteiger partial charge in [-0.3, -0.25) is 14.3 Å². The minimum absolute atomic E-state index is 0.210. The van der Waals surface area contributed by atoms with Crippen LogP contribution < -0.4 is 5.32 Å². The summed E-state index contributed by atoms with van der Waals surface area (Å²) in [5.74, 6) is -1.59. The third-order valence-electron chi connectivity index (χ3n) is 3.38. The van der Waals surface area contributed by atoms with Crippen LogP contribution in [0.15, 0.2) is 18.5 Å². The van der Waals surface area contributed by atoms with Gasteiger partial charge >= 0.3 is 5.97 Å². The van der Waals surface area contributed by atoms with Crippen molar-refractivity contribution in [3.8, 4) is 0 Å². The predicted octanol–water partition coefficient (Wildman–Crippen LogP) is 0.141. The van der Waals surface area contributed by atoms with Gasteiger partial charge in [-0.1, -0.05) is 12.2 Å². The molecule has 1 aromatic rings. The van der Waals surface area contributed by atoms with E-state index >= 15 is 0 Å². The molecule has 0 radical (unpaired) electrons. The number of carboxylic acid groups (broad SMARTS) is 1.